The topological polar surface area (TPSA) is 81.7 Å². The van der Waals surface area contributed by atoms with Crippen LogP contribution in [0.5, 0.6) is 11.5 Å². The molecule has 0 spiro atoms. The molecule has 1 heterocycles. The molecule has 150 valence electrons. The van der Waals surface area contributed by atoms with E-state index in [4.69, 9.17) is 9.47 Å². The summed E-state index contributed by atoms with van der Waals surface area (Å²) in [6, 6.07) is 8.09. The summed E-state index contributed by atoms with van der Waals surface area (Å²) in [6.45, 7) is 0.690. The minimum absolute atomic E-state index is 0.000852. The summed E-state index contributed by atoms with van der Waals surface area (Å²) in [7, 11) is -3.75. The third-order valence-electron chi connectivity index (χ3n) is 3.97. The smallest absolute Gasteiger partial charge is 0.416 e. The van der Waals surface area contributed by atoms with Gasteiger partial charge in [-0.25, -0.2) is 8.42 Å². The number of carbonyl (C=O) groups excluding carboxylic acids is 1. The van der Waals surface area contributed by atoms with Gasteiger partial charge in [0.2, 0.25) is 5.91 Å². The van der Waals surface area contributed by atoms with E-state index < -0.39 is 33.2 Å². The number of ether oxygens (including phenoxy) is 2. The number of anilines is 1. The van der Waals surface area contributed by atoms with Gasteiger partial charge in [-0.05, 0) is 36.4 Å². The zero-order valence-corrected chi connectivity index (χ0v) is 15.3. The second kappa shape index (κ2) is 7.70. The largest absolute Gasteiger partial charge is 0.486 e. The van der Waals surface area contributed by atoms with E-state index in [2.05, 4.69) is 5.32 Å². The van der Waals surface area contributed by atoms with E-state index in [9.17, 15) is 26.4 Å². The van der Waals surface area contributed by atoms with Gasteiger partial charge < -0.3 is 14.8 Å². The molecular formula is C18H16F3NO5S. The van der Waals surface area contributed by atoms with Gasteiger partial charge in [-0.2, -0.15) is 13.2 Å². The molecule has 1 N–H and O–H groups in total. The zero-order valence-electron chi connectivity index (χ0n) is 14.5. The molecule has 10 heteroatoms. The van der Waals surface area contributed by atoms with Crippen molar-refractivity contribution < 1.29 is 35.9 Å². The predicted octanol–water partition coefficient (Wildman–Crippen LogP) is 3.28. The number of fused-ring (bicyclic) bond motifs is 1. The fourth-order valence-corrected chi connectivity index (χ4v) is 3.78. The molecule has 2 aromatic rings. The zero-order chi connectivity index (χ0) is 20.4. The van der Waals surface area contributed by atoms with Gasteiger partial charge in [-0.15, -0.1) is 0 Å². The summed E-state index contributed by atoms with van der Waals surface area (Å²) in [4.78, 5) is 12.0. The predicted molar refractivity (Wildman–Crippen MR) is 94.2 cm³/mol. The number of nitrogens with one attached hydrogen (secondary N) is 1. The molecule has 0 saturated heterocycles. The standard InChI is InChI=1S/C18H16F3NO5S/c19-18(20,21)12-1-3-13(4-2-12)22-17(23)7-10-28(24,25)14-5-6-15-16(11-14)27-9-8-26-15/h1-6,11H,7-10H2,(H,22,23). The van der Waals surface area contributed by atoms with E-state index in [0.29, 0.717) is 24.7 Å². The number of alkyl halides is 3. The molecule has 0 aromatic heterocycles. The molecule has 0 bridgehead atoms. The van der Waals surface area contributed by atoms with Gasteiger partial charge in [0.05, 0.1) is 16.2 Å². The Labute approximate surface area is 159 Å². The highest BCUT2D eigenvalue weighted by Crippen LogP contribution is 2.33. The summed E-state index contributed by atoms with van der Waals surface area (Å²) in [5, 5.41) is 2.38. The Bertz CT molecular complexity index is 972. The van der Waals surface area contributed by atoms with Crippen LogP contribution in [-0.4, -0.2) is 33.3 Å². The Morgan fingerprint density at radius 3 is 2.29 bits per heavy atom. The molecular weight excluding hydrogens is 399 g/mol. The lowest BCUT2D eigenvalue weighted by molar-refractivity contribution is -0.137. The molecule has 1 aliphatic heterocycles. The molecule has 0 saturated carbocycles. The molecule has 0 atom stereocenters. The highest BCUT2D eigenvalue weighted by atomic mass is 32.2. The van der Waals surface area contributed by atoms with Crippen molar-refractivity contribution in [3.63, 3.8) is 0 Å². The van der Waals surface area contributed by atoms with Crippen LogP contribution in [0.25, 0.3) is 0 Å². The van der Waals surface area contributed by atoms with Crippen LogP contribution >= 0.6 is 0 Å². The lowest BCUT2D eigenvalue weighted by Crippen LogP contribution is -2.18. The van der Waals surface area contributed by atoms with Gasteiger partial charge in [0, 0.05) is 18.2 Å². The molecule has 1 amide bonds. The van der Waals surface area contributed by atoms with E-state index in [-0.39, 0.29) is 17.0 Å². The van der Waals surface area contributed by atoms with E-state index in [1.54, 1.807) is 0 Å². The third kappa shape index (κ3) is 4.75. The average Bonchev–Trinajstić information content (AvgIpc) is 2.66. The number of hydrogen-bond donors (Lipinski definition) is 1. The molecule has 0 fully saturated rings. The van der Waals surface area contributed by atoms with E-state index in [0.717, 1.165) is 24.3 Å². The summed E-state index contributed by atoms with van der Waals surface area (Å²) >= 11 is 0. The third-order valence-corrected chi connectivity index (χ3v) is 5.68. The first-order chi connectivity index (χ1) is 13.1. The second-order valence-corrected chi connectivity index (χ2v) is 8.11. The first-order valence-electron chi connectivity index (χ1n) is 8.25. The minimum atomic E-state index is -4.47. The minimum Gasteiger partial charge on any atom is -0.486 e. The van der Waals surface area contributed by atoms with Gasteiger partial charge in [0.25, 0.3) is 0 Å². The molecule has 3 rings (SSSR count). The fourth-order valence-electron chi connectivity index (χ4n) is 2.53. The summed E-state index contributed by atoms with van der Waals surface area (Å²) in [5.74, 6) is -0.313. The van der Waals surface area contributed by atoms with Crippen LogP contribution in [-0.2, 0) is 20.8 Å². The van der Waals surface area contributed by atoms with Crippen LogP contribution in [0, 0.1) is 0 Å². The SMILES string of the molecule is O=C(CCS(=O)(=O)c1ccc2c(c1)OCCO2)Nc1ccc(C(F)(F)F)cc1. The highest BCUT2D eigenvalue weighted by molar-refractivity contribution is 7.91. The van der Waals surface area contributed by atoms with E-state index >= 15 is 0 Å². The van der Waals surface area contributed by atoms with Crippen LogP contribution in [0.4, 0.5) is 18.9 Å². The van der Waals surface area contributed by atoms with E-state index in [1.807, 2.05) is 0 Å². The fraction of sp³-hybridized carbons (Fsp3) is 0.278. The quantitative estimate of drug-likeness (QED) is 0.811. The van der Waals surface area contributed by atoms with Crippen LogP contribution in [0.1, 0.15) is 12.0 Å². The monoisotopic (exact) mass is 415 g/mol. The number of sulfone groups is 1. The van der Waals surface area contributed by atoms with Crippen LogP contribution in [0.2, 0.25) is 0 Å². The molecule has 2 aromatic carbocycles. The van der Waals surface area contributed by atoms with E-state index in [1.165, 1.54) is 18.2 Å². The molecule has 1 aliphatic rings. The number of halogens is 3. The number of rotatable bonds is 5. The van der Waals surface area contributed by atoms with Crippen molar-refractivity contribution in [2.24, 2.45) is 0 Å². The summed E-state index contributed by atoms with van der Waals surface area (Å²) in [5.41, 5.74) is -0.693. The highest BCUT2D eigenvalue weighted by Gasteiger charge is 2.30. The molecule has 28 heavy (non-hydrogen) atoms. The van der Waals surface area contributed by atoms with Crippen LogP contribution < -0.4 is 14.8 Å². The number of carbonyl (C=O) groups is 1. The van der Waals surface area contributed by atoms with Gasteiger partial charge >= 0.3 is 6.18 Å². The molecule has 0 unspecified atom stereocenters. The second-order valence-electron chi connectivity index (χ2n) is 6.00. The Morgan fingerprint density at radius 2 is 1.64 bits per heavy atom. The first kappa shape index (κ1) is 20.0. The molecule has 0 aliphatic carbocycles. The van der Waals surface area contributed by atoms with Gasteiger partial charge in [-0.3, -0.25) is 4.79 Å². The first-order valence-corrected chi connectivity index (χ1v) is 9.90. The lowest BCUT2D eigenvalue weighted by Gasteiger charge is -2.18. The van der Waals surface area contributed by atoms with Gasteiger partial charge in [0.1, 0.15) is 13.2 Å². The van der Waals surface area contributed by atoms with Crippen LogP contribution in [0.3, 0.4) is 0 Å². The lowest BCUT2D eigenvalue weighted by atomic mass is 10.2. The van der Waals surface area contributed by atoms with Crippen molar-refractivity contribution >= 4 is 21.4 Å². The van der Waals surface area contributed by atoms with Crippen LogP contribution in [0.15, 0.2) is 47.4 Å². The Kier molecular flexibility index (Phi) is 5.50. The maximum atomic E-state index is 12.5. The number of amides is 1. The Morgan fingerprint density at radius 1 is 1.00 bits per heavy atom. The van der Waals surface area contributed by atoms with Crippen molar-refractivity contribution in [1.29, 1.82) is 0 Å². The van der Waals surface area contributed by atoms with Crippen molar-refractivity contribution in [1.82, 2.24) is 0 Å². The summed E-state index contributed by atoms with van der Waals surface area (Å²) in [6.07, 6.45) is -4.82. The molecule has 0 radical (unpaired) electrons. The Balaban J connectivity index is 1.60. The number of hydrogen-bond acceptors (Lipinski definition) is 5. The van der Waals surface area contributed by atoms with Gasteiger partial charge in [-0.1, -0.05) is 0 Å². The Hall–Kier alpha value is -2.75. The van der Waals surface area contributed by atoms with Gasteiger partial charge in [0.15, 0.2) is 21.3 Å². The van der Waals surface area contributed by atoms with Crippen molar-refractivity contribution in [2.45, 2.75) is 17.5 Å². The average molecular weight is 415 g/mol. The van der Waals surface area contributed by atoms with Crippen molar-refractivity contribution in [2.75, 3.05) is 24.3 Å². The maximum absolute atomic E-state index is 12.5. The summed E-state index contributed by atoms with van der Waals surface area (Å²) < 4.78 is 73.1. The van der Waals surface area contributed by atoms with Crippen molar-refractivity contribution in [3.05, 3.63) is 48.0 Å². The molecule has 6 nitrogen and oxygen atoms in total. The maximum Gasteiger partial charge on any atom is 0.416 e. The normalized spacial score (nSPS) is 13.8. The van der Waals surface area contributed by atoms with Crippen molar-refractivity contribution in [3.8, 4) is 11.5 Å². The number of benzene rings is 2.